The van der Waals surface area contributed by atoms with E-state index in [-0.39, 0.29) is 11.9 Å². The first kappa shape index (κ1) is 29.0. The van der Waals surface area contributed by atoms with Gasteiger partial charge in [0, 0.05) is 31.7 Å². The molecule has 1 atom stereocenters. The maximum Gasteiger partial charge on any atom is 0.334 e. The quantitative estimate of drug-likeness (QED) is 0.422. The smallest absolute Gasteiger partial charge is 0.334 e. The fourth-order valence-corrected chi connectivity index (χ4v) is 3.65. The van der Waals surface area contributed by atoms with Crippen LogP contribution in [0.2, 0.25) is 0 Å². The van der Waals surface area contributed by atoms with Crippen LogP contribution in [0.25, 0.3) is 0 Å². The third-order valence-corrected chi connectivity index (χ3v) is 5.56. The number of methoxy groups -OCH3 is 2. The lowest BCUT2D eigenvalue weighted by molar-refractivity contribution is -0.151. The highest BCUT2D eigenvalue weighted by Crippen LogP contribution is 2.35. The standard InChI is InChI=1S/C20H28N2O5.C3H6O4/c1-4-17(23)22(16-8-6-5-7-9-16)20(19(25)27-3)11-14-21(15-12-20)13-10-18(24)26-2;4-1-2(5)3(6)7/h5-9H,4,10-15H2,1-3H3;2,4-5H,1H2,(H,6,7). The lowest BCUT2D eigenvalue weighted by Crippen LogP contribution is -2.62. The van der Waals surface area contributed by atoms with Crippen LogP contribution in [0.1, 0.15) is 32.6 Å². The minimum atomic E-state index is -1.63. The number of anilines is 1. The number of piperidine rings is 1. The molecule has 0 spiro atoms. The van der Waals surface area contributed by atoms with E-state index in [1.54, 1.807) is 11.8 Å². The third-order valence-electron chi connectivity index (χ3n) is 5.56. The zero-order valence-corrected chi connectivity index (χ0v) is 19.8. The number of carbonyl (C=O) groups excluding carboxylic acids is 3. The van der Waals surface area contributed by atoms with Crippen LogP contribution in [0.15, 0.2) is 30.3 Å². The van der Waals surface area contributed by atoms with E-state index < -0.39 is 30.2 Å². The van der Waals surface area contributed by atoms with Gasteiger partial charge in [-0.1, -0.05) is 25.1 Å². The van der Waals surface area contributed by atoms with E-state index in [1.165, 1.54) is 14.2 Å². The Hall–Kier alpha value is -3.02. The van der Waals surface area contributed by atoms with Gasteiger partial charge in [-0.3, -0.25) is 14.5 Å². The number of carbonyl (C=O) groups is 4. The van der Waals surface area contributed by atoms with Crippen molar-refractivity contribution in [2.75, 3.05) is 45.4 Å². The average Bonchev–Trinajstić information content (AvgIpc) is 2.87. The Bertz CT molecular complexity index is 808. The molecule has 11 heteroatoms. The van der Waals surface area contributed by atoms with Gasteiger partial charge >= 0.3 is 17.9 Å². The van der Waals surface area contributed by atoms with E-state index >= 15 is 0 Å². The average molecular weight is 483 g/mol. The summed E-state index contributed by atoms with van der Waals surface area (Å²) in [5.74, 6) is -2.18. The molecule has 1 unspecified atom stereocenters. The van der Waals surface area contributed by atoms with Gasteiger partial charge < -0.3 is 29.7 Å². The minimum Gasteiger partial charge on any atom is -0.479 e. The highest BCUT2D eigenvalue weighted by atomic mass is 16.5. The van der Waals surface area contributed by atoms with Crippen molar-refractivity contribution in [1.29, 1.82) is 0 Å². The number of carboxylic acids is 1. The van der Waals surface area contributed by atoms with Crippen LogP contribution >= 0.6 is 0 Å². The van der Waals surface area contributed by atoms with E-state index in [0.29, 0.717) is 51.0 Å². The summed E-state index contributed by atoms with van der Waals surface area (Å²) in [4.78, 5) is 50.3. The number of aliphatic hydroxyl groups excluding tert-OH is 2. The zero-order valence-electron chi connectivity index (χ0n) is 19.8. The molecule has 0 aliphatic carbocycles. The first-order valence-electron chi connectivity index (χ1n) is 10.9. The molecule has 0 aromatic heterocycles. The number of hydrogen-bond donors (Lipinski definition) is 3. The third kappa shape index (κ3) is 7.79. The Morgan fingerprint density at radius 1 is 1.09 bits per heavy atom. The Kier molecular flexibility index (Phi) is 12.2. The summed E-state index contributed by atoms with van der Waals surface area (Å²) in [6, 6.07) is 9.24. The molecule has 1 saturated heterocycles. The number of esters is 2. The highest BCUT2D eigenvalue weighted by Gasteiger charge is 2.49. The van der Waals surface area contributed by atoms with E-state index in [1.807, 2.05) is 30.3 Å². The van der Waals surface area contributed by atoms with Gasteiger partial charge in [-0.2, -0.15) is 0 Å². The van der Waals surface area contributed by atoms with Gasteiger partial charge in [-0.15, -0.1) is 0 Å². The molecular formula is C23H34N2O9. The molecule has 1 fully saturated rings. The van der Waals surface area contributed by atoms with E-state index in [0.717, 1.165) is 0 Å². The summed E-state index contributed by atoms with van der Waals surface area (Å²) >= 11 is 0. The molecule has 1 aromatic rings. The number of rotatable bonds is 9. The predicted molar refractivity (Wildman–Crippen MR) is 122 cm³/mol. The van der Waals surface area contributed by atoms with Crippen LogP contribution in [-0.2, 0) is 28.7 Å². The lowest BCUT2D eigenvalue weighted by Gasteiger charge is -2.46. The molecule has 34 heavy (non-hydrogen) atoms. The highest BCUT2D eigenvalue weighted by molar-refractivity contribution is 6.02. The molecule has 1 heterocycles. The second kappa shape index (κ2) is 14.3. The van der Waals surface area contributed by atoms with E-state index in [9.17, 15) is 19.2 Å². The molecule has 1 aromatic carbocycles. The molecule has 0 radical (unpaired) electrons. The van der Waals surface area contributed by atoms with E-state index in [4.69, 9.17) is 20.1 Å². The van der Waals surface area contributed by atoms with Crippen molar-refractivity contribution in [3.63, 3.8) is 0 Å². The van der Waals surface area contributed by atoms with Crippen molar-refractivity contribution in [2.24, 2.45) is 0 Å². The van der Waals surface area contributed by atoms with Crippen molar-refractivity contribution in [3.05, 3.63) is 30.3 Å². The SMILES string of the molecule is CCC(=O)N(c1ccccc1)C1(C(=O)OC)CCN(CCC(=O)OC)CC1.O=C(O)C(O)CO. The topological polar surface area (TPSA) is 154 Å². The monoisotopic (exact) mass is 482 g/mol. The van der Waals surface area contributed by atoms with Crippen LogP contribution in [0.4, 0.5) is 5.69 Å². The van der Waals surface area contributed by atoms with Crippen molar-refractivity contribution in [3.8, 4) is 0 Å². The fraction of sp³-hybridized carbons (Fsp3) is 0.565. The number of ether oxygens (including phenoxy) is 2. The molecule has 2 rings (SSSR count). The molecule has 190 valence electrons. The molecule has 0 saturated carbocycles. The van der Waals surface area contributed by atoms with Gasteiger partial charge in [-0.05, 0) is 25.0 Å². The zero-order chi connectivity index (χ0) is 25.7. The summed E-state index contributed by atoms with van der Waals surface area (Å²) in [6.07, 6.45) is -0.138. The Labute approximate surface area is 198 Å². The van der Waals surface area contributed by atoms with Gasteiger partial charge in [0.05, 0.1) is 27.2 Å². The van der Waals surface area contributed by atoms with Crippen LogP contribution in [0, 0.1) is 0 Å². The number of carboxylic acid groups (broad SMARTS) is 1. The lowest BCUT2D eigenvalue weighted by atomic mass is 9.84. The predicted octanol–water partition coefficient (Wildman–Crippen LogP) is 0.425. The maximum atomic E-state index is 12.8. The Morgan fingerprint density at radius 2 is 1.68 bits per heavy atom. The van der Waals surface area contributed by atoms with Crippen LogP contribution in [0.3, 0.4) is 0 Å². The second-order valence-corrected chi connectivity index (χ2v) is 7.65. The number of benzene rings is 1. The second-order valence-electron chi connectivity index (χ2n) is 7.65. The van der Waals surface area contributed by atoms with Crippen LogP contribution in [0.5, 0.6) is 0 Å². The van der Waals surface area contributed by atoms with Crippen molar-refractivity contribution < 1.29 is 44.0 Å². The number of hydrogen-bond acceptors (Lipinski definition) is 9. The first-order valence-corrected chi connectivity index (χ1v) is 10.9. The normalized spacial score (nSPS) is 15.8. The number of likely N-dealkylation sites (tertiary alicyclic amines) is 1. The number of para-hydroxylation sites is 1. The number of amides is 1. The van der Waals surface area contributed by atoms with Gasteiger partial charge in [0.15, 0.2) is 6.10 Å². The molecule has 1 aliphatic rings. The molecule has 1 aliphatic heterocycles. The summed E-state index contributed by atoms with van der Waals surface area (Å²) in [5, 5.41) is 23.7. The molecular weight excluding hydrogens is 448 g/mol. The number of aliphatic carboxylic acids is 1. The summed E-state index contributed by atoms with van der Waals surface area (Å²) in [6.45, 7) is 2.81. The molecule has 0 bridgehead atoms. The number of nitrogens with zero attached hydrogens (tertiary/aromatic N) is 2. The van der Waals surface area contributed by atoms with Crippen molar-refractivity contribution in [2.45, 2.75) is 44.2 Å². The fourth-order valence-electron chi connectivity index (χ4n) is 3.65. The molecule has 1 amide bonds. The molecule has 3 N–H and O–H groups in total. The Morgan fingerprint density at radius 3 is 2.09 bits per heavy atom. The largest absolute Gasteiger partial charge is 0.479 e. The van der Waals surface area contributed by atoms with Crippen molar-refractivity contribution in [1.82, 2.24) is 4.90 Å². The minimum absolute atomic E-state index is 0.116. The summed E-state index contributed by atoms with van der Waals surface area (Å²) in [5.41, 5.74) is -0.344. The van der Waals surface area contributed by atoms with Gasteiger partial charge in [0.25, 0.3) is 0 Å². The van der Waals surface area contributed by atoms with Gasteiger partial charge in [0.2, 0.25) is 5.91 Å². The van der Waals surface area contributed by atoms with Crippen LogP contribution in [-0.4, -0.2) is 96.1 Å². The molecule has 11 nitrogen and oxygen atoms in total. The first-order chi connectivity index (χ1) is 16.2. The van der Waals surface area contributed by atoms with Gasteiger partial charge in [-0.25, -0.2) is 9.59 Å². The van der Waals surface area contributed by atoms with Gasteiger partial charge in [0.1, 0.15) is 5.54 Å². The van der Waals surface area contributed by atoms with Crippen molar-refractivity contribution >= 4 is 29.5 Å². The summed E-state index contributed by atoms with van der Waals surface area (Å²) < 4.78 is 9.80. The Balaban J connectivity index is 0.000000718. The number of aliphatic hydroxyl groups is 2. The van der Waals surface area contributed by atoms with E-state index in [2.05, 4.69) is 9.64 Å². The summed E-state index contributed by atoms with van der Waals surface area (Å²) in [7, 11) is 2.72. The maximum absolute atomic E-state index is 12.8. The van der Waals surface area contributed by atoms with Crippen LogP contribution < -0.4 is 4.90 Å².